The van der Waals surface area contributed by atoms with E-state index < -0.39 is 5.97 Å². The average molecular weight is 221 g/mol. The van der Waals surface area contributed by atoms with Crippen molar-refractivity contribution >= 4 is 5.97 Å². The van der Waals surface area contributed by atoms with Crippen molar-refractivity contribution in [3.8, 4) is 11.6 Å². The van der Waals surface area contributed by atoms with E-state index >= 15 is 0 Å². The van der Waals surface area contributed by atoms with Crippen molar-refractivity contribution in [2.24, 2.45) is 7.05 Å². The van der Waals surface area contributed by atoms with Gasteiger partial charge >= 0.3 is 5.97 Å². The molecule has 0 bridgehead atoms. The smallest absolute Gasteiger partial charge is 0.373 e. The van der Waals surface area contributed by atoms with Gasteiger partial charge in [-0.05, 0) is 12.5 Å². The van der Waals surface area contributed by atoms with Gasteiger partial charge in [-0.2, -0.15) is 5.10 Å². The van der Waals surface area contributed by atoms with Crippen LogP contribution in [0.3, 0.4) is 0 Å². The summed E-state index contributed by atoms with van der Waals surface area (Å²) in [5, 5.41) is 12.9. The fraction of sp³-hybridized carbons (Fsp3) is 0.300. The molecule has 0 aliphatic carbocycles. The van der Waals surface area contributed by atoms with Crippen LogP contribution < -0.4 is 0 Å². The molecule has 0 aliphatic heterocycles. The Kier molecular flexibility index (Phi) is 2.47. The molecule has 1 N–H and O–H groups in total. The molecule has 0 spiro atoms. The van der Waals surface area contributed by atoms with Gasteiger partial charge in [-0.25, -0.2) is 9.78 Å². The molecule has 84 valence electrons. The monoisotopic (exact) mass is 221 g/mol. The van der Waals surface area contributed by atoms with Gasteiger partial charge in [0.15, 0.2) is 0 Å². The maximum atomic E-state index is 10.9. The topological polar surface area (TPSA) is 81.2 Å². The second-order valence-corrected chi connectivity index (χ2v) is 3.29. The number of hydrogen-bond acceptors (Lipinski definition) is 4. The lowest BCUT2D eigenvalue weighted by atomic mass is 10.3. The van der Waals surface area contributed by atoms with Crippen LogP contribution in [0.5, 0.6) is 0 Å². The van der Waals surface area contributed by atoms with E-state index in [2.05, 4.69) is 10.1 Å². The predicted molar refractivity (Wildman–Crippen MR) is 55.0 cm³/mol. The summed E-state index contributed by atoms with van der Waals surface area (Å²) < 4.78 is 6.80. The van der Waals surface area contributed by atoms with Crippen LogP contribution in [-0.4, -0.2) is 25.8 Å². The molecule has 2 heterocycles. The highest BCUT2D eigenvalue weighted by molar-refractivity contribution is 5.86. The fourth-order valence-electron chi connectivity index (χ4n) is 1.45. The molecular formula is C10H11N3O3. The molecule has 0 atom stereocenters. The van der Waals surface area contributed by atoms with E-state index in [0.29, 0.717) is 17.8 Å². The fourth-order valence-corrected chi connectivity index (χ4v) is 1.45. The third-order valence-electron chi connectivity index (χ3n) is 2.27. The molecule has 0 unspecified atom stereocenters. The Labute approximate surface area is 91.5 Å². The first-order valence-electron chi connectivity index (χ1n) is 4.84. The molecule has 2 aromatic rings. The lowest BCUT2D eigenvalue weighted by molar-refractivity contribution is 0.0661. The zero-order valence-electron chi connectivity index (χ0n) is 8.97. The quantitative estimate of drug-likeness (QED) is 0.845. The molecule has 0 saturated heterocycles. The lowest BCUT2D eigenvalue weighted by Gasteiger charge is -1.94. The molecule has 2 rings (SSSR count). The van der Waals surface area contributed by atoms with Gasteiger partial charge in [0.1, 0.15) is 5.69 Å². The van der Waals surface area contributed by atoms with E-state index in [4.69, 9.17) is 9.52 Å². The highest BCUT2D eigenvalue weighted by Gasteiger charge is 2.20. The Morgan fingerprint density at radius 2 is 2.38 bits per heavy atom. The maximum Gasteiger partial charge on any atom is 0.373 e. The van der Waals surface area contributed by atoms with Gasteiger partial charge < -0.3 is 9.52 Å². The van der Waals surface area contributed by atoms with Gasteiger partial charge in [-0.3, -0.25) is 4.68 Å². The highest BCUT2D eigenvalue weighted by atomic mass is 16.4. The first-order chi connectivity index (χ1) is 7.63. The Morgan fingerprint density at radius 1 is 1.62 bits per heavy atom. The summed E-state index contributed by atoms with van der Waals surface area (Å²) in [5.41, 5.74) is 1.10. The molecule has 0 fully saturated rings. The van der Waals surface area contributed by atoms with Crippen LogP contribution in [0.2, 0.25) is 0 Å². The summed E-state index contributed by atoms with van der Waals surface area (Å²) in [6.45, 7) is 1.83. The van der Waals surface area contributed by atoms with E-state index in [0.717, 1.165) is 0 Å². The van der Waals surface area contributed by atoms with E-state index in [-0.39, 0.29) is 11.7 Å². The number of carboxylic acids is 1. The van der Waals surface area contributed by atoms with Gasteiger partial charge in [0.05, 0.1) is 5.69 Å². The zero-order chi connectivity index (χ0) is 11.7. The Hall–Kier alpha value is -2.11. The van der Waals surface area contributed by atoms with Gasteiger partial charge in [-0.1, -0.05) is 6.92 Å². The third kappa shape index (κ3) is 1.58. The Morgan fingerprint density at radius 3 is 2.81 bits per heavy atom. The lowest BCUT2D eigenvalue weighted by Crippen LogP contribution is -1.98. The number of aryl methyl sites for hydroxylation is 2. The summed E-state index contributed by atoms with van der Waals surface area (Å²) in [5.74, 6) is -0.911. The summed E-state index contributed by atoms with van der Waals surface area (Å²) >= 11 is 0. The van der Waals surface area contributed by atoms with Gasteiger partial charge in [0.2, 0.25) is 11.7 Å². The van der Waals surface area contributed by atoms with Crippen LogP contribution in [0.15, 0.2) is 16.7 Å². The molecule has 0 saturated carbocycles. The van der Waals surface area contributed by atoms with Crippen LogP contribution in [0, 0.1) is 0 Å². The molecular weight excluding hydrogens is 210 g/mol. The first-order valence-corrected chi connectivity index (χ1v) is 4.84. The van der Waals surface area contributed by atoms with Crippen molar-refractivity contribution in [2.75, 3.05) is 0 Å². The number of carbonyl (C=O) groups is 1. The number of aromatic nitrogens is 3. The molecule has 6 heteroatoms. The van der Waals surface area contributed by atoms with Crippen molar-refractivity contribution in [1.29, 1.82) is 0 Å². The second-order valence-electron chi connectivity index (χ2n) is 3.29. The van der Waals surface area contributed by atoms with Crippen LogP contribution in [-0.2, 0) is 13.5 Å². The van der Waals surface area contributed by atoms with Crippen molar-refractivity contribution in [2.45, 2.75) is 13.3 Å². The van der Waals surface area contributed by atoms with E-state index in [1.165, 1.54) is 0 Å². The minimum absolute atomic E-state index is 0.0984. The molecule has 16 heavy (non-hydrogen) atoms. The summed E-state index contributed by atoms with van der Waals surface area (Å²) in [6, 6.07) is 1.72. The minimum atomic E-state index is -1.10. The average Bonchev–Trinajstić information content (AvgIpc) is 2.82. The van der Waals surface area contributed by atoms with Gasteiger partial charge in [-0.15, -0.1) is 0 Å². The van der Waals surface area contributed by atoms with Crippen LogP contribution >= 0.6 is 0 Å². The summed E-state index contributed by atoms with van der Waals surface area (Å²) in [7, 11) is 1.74. The summed E-state index contributed by atoms with van der Waals surface area (Å²) in [4.78, 5) is 15.0. The number of oxazole rings is 1. The van der Waals surface area contributed by atoms with Gasteiger partial charge in [0.25, 0.3) is 0 Å². The van der Waals surface area contributed by atoms with Gasteiger partial charge in [0, 0.05) is 13.2 Å². The van der Waals surface area contributed by atoms with E-state index in [1.54, 1.807) is 24.0 Å². The van der Waals surface area contributed by atoms with Crippen molar-refractivity contribution in [3.05, 3.63) is 23.7 Å². The Bertz CT molecular complexity index is 527. The SMILES string of the molecule is CCc1nc(-c2ccnn2C)oc1C(=O)O. The largest absolute Gasteiger partial charge is 0.475 e. The number of nitrogens with zero attached hydrogens (tertiary/aromatic N) is 3. The van der Waals surface area contributed by atoms with E-state index in [9.17, 15) is 4.79 Å². The van der Waals surface area contributed by atoms with Crippen molar-refractivity contribution in [3.63, 3.8) is 0 Å². The van der Waals surface area contributed by atoms with Crippen LogP contribution in [0.1, 0.15) is 23.2 Å². The molecule has 0 radical (unpaired) electrons. The number of rotatable bonds is 3. The number of aromatic carboxylic acids is 1. The molecule has 0 amide bonds. The first kappa shape index (κ1) is 10.4. The van der Waals surface area contributed by atoms with E-state index in [1.807, 2.05) is 6.92 Å². The second kappa shape index (κ2) is 3.80. The maximum absolute atomic E-state index is 10.9. The van der Waals surface area contributed by atoms with Crippen molar-refractivity contribution < 1.29 is 14.3 Å². The minimum Gasteiger partial charge on any atom is -0.475 e. The molecule has 2 aromatic heterocycles. The number of hydrogen-bond donors (Lipinski definition) is 1. The standard InChI is InChI=1S/C10H11N3O3/c1-3-6-8(10(14)15)16-9(12-6)7-4-5-11-13(7)2/h4-5H,3H2,1-2H3,(H,14,15). The Balaban J connectivity index is 2.52. The molecule has 6 nitrogen and oxygen atoms in total. The molecule has 0 aliphatic rings. The molecule has 0 aromatic carbocycles. The number of carboxylic acid groups (broad SMARTS) is 1. The highest BCUT2D eigenvalue weighted by Crippen LogP contribution is 2.21. The predicted octanol–water partition coefficient (Wildman–Crippen LogP) is 1.34. The zero-order valence-corrected chi connectivity index (χ0v) is 8.97. The van der Waals surface area contributed by atoms with Crippen molar-refractivity contribution in [1.82, 2.24) is 14.8 Å². The van der Waals surface area contributed by atoms with Crippen LogP contribution in [0.4, 0.5) is 0 Å². The third-order valence-corrected chi connectivity index (χ3v) is 2.27. The summed E-state index contributed by atoms with van der Waals surface area (Å²) in [6.07, 6.45) is 2.12. The van der Waals surface area contributed by atoms with Crippen LogP contribution in [0.25, 0.3) is 11.6 Å². The normalized spacial score (nSPS) is 10.6.